The predicted octanol–water partition coefficient (Wildman–Crippen LogP) is 1.69. The molecule has 1 heterocycles. The fourth-order valence-corrected chi connectivity index (χ4v) is 2.58. The second-order valence-corrected chi connectivity index (χ2v) is 6.01. The Morgan fingerprint density at radius 1 is 1.38 bits per heavy atom. The minimum Gasteiger partial charge on any atom is -0.348 e. The maximum Gasteiger partial charge on any atom is 0.251 e. The number of benzene rings is 1. The van der Waals surface area contributed by atoms with Gasteiger partial charge in [-0.1, -0.05) is 18.5 Å². The molecule has 1 saturated heterocycles. The number of carbonyl (C=O) groups excluding carboxylic acids is 2. The van der Waals surface area contributed by atoms with Crippen LogP contribution in [0.5, 0.6) is 0 Å². The third kappa shape index (κ3) is 3.19. The van der Waals surface area contributed by atoms with Crippen molar-refractivity contribution in [2.75, 3.05) is 18.0 Å². The Labute approximate surface area is 129 Å². The average molecular weight is 310 g/mol. The number of halogens is 1. The molecule has 0 bridgehead atoms. The maximum absolute atomic E-state index is 12.1. The topological polar surface area (TPSA) is 61.4 Å². The lowest BCUT2D eigenvalue weighted by atomic mass is 9.96. The van der Waals surface area contributed by atoms with Gasteiger partial charge in [0.1, 0.15) is 5.54 Å². The summed E-state index contributed by atoms with van der Waals surface area (Å²) in [5, 5.41) is 6.27. The number of rotatable bonds is 4. The second kappa shape index (κ2) is 6.03. The number of nitrogens with one attached hydrogen (secondary N) is 2. The number of anilines is 1. The van der Waals surface area contributed by atoms with Crippen LogP contribution in [0.1, 0.15) is 26.3 Å². The fraction of sp³-hybridized carbons (Fsp3) is 0.467. The van der Waals surface area contributed by atoms with E-state index in [1.807, 2.05) is 24.0 Å². The lowest BCUT2D eigenvalue weighted by Crippen LogP contribution is -2.64. The van der Waals surface area contributed by atoms with E-state index in [0.717, 1.165) is 17.8 Å². The molecule has 0 atom stereocenters. The molecule has 0 saturated carbocycles. The number of piperazine rings is 1. The molecule has 0 unspecified atom stereocenters. The van der Waals surface area contributed by atoms with Crippen LogP contribution in [0.15, 0.2) is 18.2 Å². The number of hydrogen-bond acceptors (Lipinski definition) is 4. The highest BCUT2D eigenvalue weighted by atomic mass is 35.5. The van der Waals surface area contributed by atoms with Crippen LogP contribution in [0.3, 0.4) is 0 Å². The number of amides is 2. The molecule has 21 heavy (non-hydrogen) atoms. The van der Waals surface area contributed by atoms with Crippen LogP contribution in [-0.4, -0.2) is 30.4 Å². The van der Waals surface area contributed by atoms with Gasteiger partial charge < -0.3 is 10.2 Å². The van der Waals surface area contributed by atoms with Crippen molar-refractivity contribution in [3.63, 3.8) is 0 Å². The minimum atomic E-state index is -0.789. The number of hydrogen-bond donors (Lipinski definition) is 2. The smallest absolute Gasteiger partial charge is 0.251 e. The normalized spacial score (nSPS) is 17.8. The van der Waals surface area contributed by atoms with Crippen LogP contribution in [0, 0.1) is 0 Å². The van der Waals surface area contributed by atoms with E-state index >= 15 is 0 Å². The third-order valence-electron chi connectivity index (χ3n) is 3.68. The van der Waals surface area contributed by atoms with Crippen molar-refractivity contribution in [1.29, 1.82) is 0 Å². The first-order valence-electron chi connectivity index (χ1n) is 6.97. The summed E-state index contributed by atoms with van der Waals surface area (Å²) < 4.78 is 0. The van der Waals surface area contributed by atoms with Crippen molar-refractivity contribution in [2.24, 2.45) is 0 Å². The van der Waals surface area contributed by atoms with Gasteiger partial charge >= 0.3 is 0 Å². The van der Waals surface area contributed by atoms with Crippen LogP contribution in [-0.2, 0) is 16.1 Å². The Morgan fingerprint density at radius 2 is 2.10 bits per heavy atom. The van der Waals surface area contributed by atoms with E-state index in [2.05, 4.69) is 10.6 Å². The number of nitrogens with zero attached hydrogens (tertiary/aromatic N) is 1. The van der Waals surface area contributed by atoms with Crippen molar-refractivity contribution in [1.82, 2.24) is 10.6 Å². The molecule has 1 aliphatic rings. The molecule has 1 fully saturated rings. The highest BCUT2D eigenvalue weighted by Gasteiger charge is 2.41. The molecule has 0 radical (unpaired) electrons. The lowest BCUT2D eigenvalue weighted by Gasteiger charge is -2.42. The predicted molar refractivity (Wildman–Crippen MR) is 83.4 cm³/mol. The van der Waals surface area contributed by atoms with Gasteiger partial charge in [0.05, 0.1) is 6.54 Å². The van der Waals surface area contributed by atoms with E-state index in [9.17, 15) is 9.59 Å². The van der Waals surface area contributed by atoms with E-state index in [1.54, 1.807) is 19.9 Å². The van der Waals surface area contributed by atoms with Gasteiger partial charge in [0.15, 0.2) is 0 Å². The van der Waals surface area contributed by atoms with Crippen LogP contribution >= 0.6 is 11.6 Å². The highest BCUT2D eigenvalue weighted by Crippen LogP contribution is 2.31. The molecule has 0 spiro atoms. The van der Waals surface area contributed by atoms with Crippen molar-refractivity contribution < 1.29 is 9.59 Å². The van der Waals surface area contributed by atoms with Gasteiger partial charge in [-0.25, -0.2) is 0 Å². The maximum atomic E-state index is 12.1. The van der Waals surface area contributed by atoms with E-state index < -0.39 is 5.54 Å². The van der Waals surface area contributed by atoms with Gasteiger partial charge in [0, 0.05) is 17.3 Å². The van der Waals surface area contributed by atoms with E-state index in [0.29, 0.717) is 11.6 Å². The summed E-state index contributed by atoms with van der Waals surface area (Å²) in [7, 11) is 0. The first-order valence-corrected chi connectivity index (χ1v) is 7.35. The molecule has 2 N–H and O–H groups in total. The monoisotopic (exact) mass is 309 g/mol. The molecule has 2 amide bonds. The number of imide groups is 1. The summed E-state index contributed by atoms with van der Waals surface area (Å²) in [5.74, 6) is -0.577. The minimum absolute atomic E-state index is 0.152. The van der Waals surface area contributed by atoms with Gasteiger partial charge in [-0.05, 0) is 44.2 Å². The molecule has 1 aliphatic heterocycles. The summed E-state index contributed by atoms with van der Waals surface area (Å²) in [6, 6.07) is 5.51. The van der Waals surface area contributed by atoms with Crippen LogP contribution in [0.2, 0.25) is 5.02 Å². The molecular weight excluding hydrogens is 290 g/mol. The second-order valence-electron chi connectivity index (χ2n) is 5.58. The van der Waals surface area contributed by atoms with Gasteiger partial charge in [-0.2, -0.15) is 0 Å². The summed E-state index contributed by atoms with van der Waals surface area (Å²) in [6.07, 6.45) is 0. The van der Waals surface area contributed by atoms with Gasteiger partial charge in [0.25, 0.3) is 5.91 Å². The van der Waals surface area contributed by atoms with Crippen molar-refractivity contribution in [3.8, 4) is 0 Å². The molecule has 0 aliphatic carbocycles. The summed E-state index contributed by atoms with van der Waals surface area (Å²) in [5.41, 5.74) is 1.04. The Balaban J connectivity index is 2.43. The lowest BCUT2D eigenvalue weighted by molar-refractivity contribution is -0.135. The molecule has 5 nitrogen and oxygen atoms in total. The van der Waals surface area contributed by atoms with Gasteiger partial charge in [-0.15, -0.1) is 0 Å². The first-order chi connectivity index (χ1) is 9.86. The molecule has 1 aromatic rings. The molecule has 1 aromatic carbocycles. The van der Waals surface area contributed by atoms with Crippen LogP contribution in [0.25, 0.3) is 0 Å². The zero-order valence-electron chi connectivity index (χ0n) is 12.5. The zero-order chi connectivity index (χ0) is 15.6. The zero-order valence-corrected chi connectivity index (χ0v) is 13.3. The standard InChI is InChI=1S/C15H20ClN3O2/c1-4-17-8-10-7-11(16)5-6-12(10)19-9-13(20)18-14(21)15(19,2)3/h5-7,17H,4,8-9H2,1-3H3,(H,18,20,21). The van der Waals surface area contributed by atoms with E-state index in [4.69, 9.17) is 11.6 Å². The van der Waals surface area contributed by atoms with Crippen molar-refractivity contribution in [3.05, 3.63) is 28.8 Å². The molecule has 2 rings (SSSR count). The van der Waals surface area contributed by atoms with Crippen molar-refractivity contribution in [2.45, 2.75) is 32.9 Å². The average Bonchev–Trinajstić information content (AvgIpc) is 2.41. The molecular formula is C15H20ClN3O2. The molecule has 6 heteroatoms. The summed E-state index contributed by atoms with van der Waals surface area (Å²) in [6.45, 7) is 7.25. The highest BCUT2D eigenvalue weighted by molar-refractivity contribution is 6.30. The van der Waals surface area contributed by atoms with E-state index in [1.165, 1.54) is 0 Å². The first kappa shape index (κ1) is 15.8. The Morgan fingerprint density at radius 3 is 2.76 bits per heavy atom. The van der Waals surface area contributed by atoms with Crippen molar-refractivity contribution >= 4 is 29.1 Å². The van der Waals surface area contributed by atoms with Gasteiger partial charge in [-0.3, -0.25) is 14.9 Å². The Bertz CT molecular complexity index is 572. The summed E-state index contributed by atoms with van der Waals surface area (Å²) in [4.78, 5) is 25.6. The quantitative estimate of drug-likeness (QED) is 0.831. The van der Waals surface area contributed by atoms with Crippen LogP contribution < -0.4 is 15.5 Å². The van der Waals surface area contributed by atoms with E-state index in [-0.39, 0.29) is 18.4 Å². The Hall–Kier alpha value is -1.59. The summed E-state index contributed by atoms with van der Waals surface area (Å²) >= 11 is 6.07. The third-order valence-corrected chi connectivity index (χ3v) is 3.92. The van der Waals surface area contributed by atoms with Gasteiger partial charge in [0.2, 0.25) is 5.91 Å². The number of carbonyl (C=O) groups is 2. The SMILES string of the molecule is CCNCc1cc(Cl)ccc1N1CC(=O)NC(=O)C1(C)C. The fourth-order valence-electron chi connectivity index (χ4n) is 2.39. The largest absolute Gasteiger partial charge is 0.348 e. The molecule has 0 aromatic heterocycles. The van der Waals surface area contributed by atoms with Crippen LogP contribution in [0.4, 0.5) is 5.69 Å². The molecule has 114 valence electrons. The Kier molecular flexibility index (Phi) is 4.54.